The van der Waals surface area contributed by atoms with Gasteiger partial charge in [-0.2, -0.15) is 0 Å². The minimum atomic E-state index is -0.447. The summed E-state index contributed by atoms with van der Waals surface area (Å²) < 4.78 is 11.0. The number of amides is 1. The standard InChI is InChI=1S/C16H19N3O5S2/c1-3-5-6-14(22)24-12-8-23-10(7-11(12)20)9-25-16-19-18-15(26-16)17-13(21)4-2/h7-8H,3-6,9H2,1-2H3,(H,17,18,21). The van der Waals surface area contributed by atoms with E-state index < -0.39 is 11.4 Å². The number of rotatable bonds is 9. The van der Waals surface area contributed by atoms with Crippen molar-refractivity contribution in [3.05, 3.63) is 28.3 Å². The molecule has 140 valence electrons. The van der Waals surface area contributed by atoms with Gasteiger partial charge < -0.3 is 14.5 Å². The second kappa shape index (κ2) is 10.1. The fourth-order valence-corrected chi connectivity index (χ4v) is 3.40. The van der Waals surface area contributed by atoms with Crippen molar-refractivity contribution in [3.8, 4) is 5.75 Å². The summed E-state index contributed by atoms with van der Waals surface area (Å²) in [6.45, 7) is 3.71. The third-order valence-corrected chi connectivity index (χ3v) is 5.12. The lowest BCUT2D eigenvalue weighted by Gasteiger charge is -2.03. The molecule has 2 heterocycles. The third-order valence-electron chi connectivity index (χ3n) is 3.12. The van der Waals surface area contributed by atoms with E-state index in [9.17, 15) is 14.4 Å². The van der Waals surface area contributed by atoms with Crippen molar-refractivity contribution in [2.75, 3.05) is 5.32 Å². The molecule has 0 aliphatic heterocycles. The number of esters is 1. The molecule has 8 nitrogen and oxygen atoms in total. The smallest absolute Gasteiger partial charge is 0.311 e. The number of nitrogens with zero attached hydrogens (tertiary/aromatic N) is 2. The number of anilines is 1. The van der Waals surface area contributed by atoms with Crippen LogP contribution in [0, 0.1) is 0 Å². The Morgan fingerprint density at radius 3 is 2.85 bits per heavy atom. The van der Waals surface area contributed by atoms with E-state index in [0.29, 0.717) is 33.8 Å². The van der Waals surface area contributed by atoms with Crippen molar-refractivity contribution in [2.24, 2.45) is 0 Å². The molecule has 0 aliphatic rings. The van der Waals surface area contributed by atoms with Gasteiger partial charge in [-0.1, -0.05) is 43.4 Å². The molecule has 0 radical (unpaired) electrons. The molecule has 0 aliphatic carbocycles. The van der Waals surface area contributed by atoms with Gasteiger partial charge in [0, 0.05) is 18.9 Å². The lowest BCUT2D eigenvalue weighted by molar-refractivity contribution is -0.134. The van der Waals surface area contributed by atoms with E-state index >= 15 is 0 Å². The van der Waals surface area contributed by atoms with Crippen molar-refractivity contribution in [3.63, 3.8) is 0 Å². The number of carbonyl (C=O) groups excluding carboxylic acids is 2. The van der Waals surface area contributed by atoms with Gasteiger partial charge in [0.05, 0.1) is 5.75 Å². The zero-order valence-electron chi connectivity index (χ0n) is 14.4. The molecule has 0 bridgehead atoms. The summed E-state index contributed by atoms with van der Waals surface area (Å²) in [5.74, 6) is 0.0861. The van der Waals surface area contributed by atoms with Gasteiger partial charge in [0.15, 0.2) is 4.34 Å². The first-order chi connectivity index (χ1) is 12.5. The van der Waals surface area contributed by atoms with Crippen LogP contribution in [0.5, 0.6) is 5.75 Å². The van der Waals surface area contributed by atoms with Crippen LogP contribution in [0.25, 0.3) is 0 Å². The van der Waals surface area contributed by atoms with Crippen LogP contribution >= 0.6 is 23.1 Å². The van der Waals surface area contributed by atoms with Crippen LogP contribution < -0.4 is 15.5 Å². The topological polar surface area (TPSA) is 111 Å². The van der Waals surface area contributed by atoms with Crippen LogP contribution in [0.1, 0.15) is 45.3 Å². The van der Waals surface area contributed by atoms with E-state index in [1.165, 1.54) is 29.2 Å². The molecule has 0 aromatic carbocycles. The number of hydrogen-bond donors (Lipinski definition) is 1. The highest BCUT2D eigenvalue weighted by molar-refractivity contribution is 8.00. The summed E-state index contributed by atoms with van der Waals surface area (Å²) >= 11 is 2.56. The Morgan fingerprint density at radius 2 is 2.15 bits per heavy atom. The van der Waals surface area contributed by atoms with Crippen LogP contribution in [0.2, 0.25) is 0 Å². The Hall–Kier alpha value is -2.20. The number of carbonyl (C=O) groups is 2. The molecule has 0 unspecified atom stereocenters. The summed E-state index contributed by atoms with van der Waals surface area (Å²) in [6, 6.07) is 1.29. The van der Waals surface area contributed by atoms with E-state index in [1.54, 1.807) is 6.92 Å². The van der Waals surface area contributed by atoms with Gasteiger partial charge in [0.1, 0.15) is 12.0 Å². The first-order valence-corrected chi connectivity index (χ1v) is 9.90. The van der Waals surface area contributed by atoms with E-state index in [1.807, 2.05) is 6.92 Å². The van der Waals surface area contributed by atoms with Crippen molar-refractivity contribution in [2.45, 2.75) is 49.6 Å². The van der Waals surface area contributed by atoms with E-state index in [2.05, 4.69) is 15.5 Å². The molecule has 0 saturated carbocycles. The lowest BCUT2D eigenvalue weighted by Crippen LogP contribution is -2.14. The maximum atomic E-state index is 12.0. The molecular weight excluding hydrogens is 378 g/mol. The van der Waals surface area contributed by atoms with Crippen LogP contribution in [-0.4, -0.2) is 22.1 Å². The normalized spacial score (nSPS) is 10.5. The number of hydrogen-bond acceptors (Lipinski definition) is 9. The number of aromatic nitrogens is 2. The molecule has 0 spiro atoms. The number of ether oxygens (including phenoxy) is 1. The van der Waals surface area contributed by atoms with Gasteiger partial charge in [0.25, 0.3) is 0 Å². The predicted octanol–water partition coefficient (Wildman–Crippen LogP) is 3.23. The second-order valence-corrected chi connectivity index (χ2v) is 7.42. The summed E-state index contributed by atoms with van der Waals surface area (Å²) in [4.78, 5) is 34.9. The summed E-state index contributed by atoms with van der Waals surface area (Å²) in [5, 5.41) is 10.9. The van der Waals surface area contributed by atoms with Crippen LogP contribution in [0.3, 0.4) is 0 Å². The second-order valence-electron chi connectivity index (χ2n) is 5.22. The lowest BCUT2D eigenvalue weighted by atomic mass is 10.2. The number of thioether (sulfide) groups is 1. The van der Waals surface area contributed by atoms with Gasteiger partial charge in [0.2, 0.25) is 22.2 Å². The summed E-state index contributed by atoms with van der Waals surface area (Å²) in [7, 11) is 0. The van der Waals surface area contributed by atoms with Gasteiger partial charge in [-0.15, -0.1) is 10.2 Å². The van der Waals surface area contributed by atoms with Crippen LogP contribution in [-0.2, 0) is 15.3 Å². The highest BCUT2D eigenvalue weighted by atomic mass is 32.2. The Kier molecular flexibility index (Phi) is 7.79. The van der Waals surface area contributed by atoms with Crippen molar-refractivity contribution >= 4 is 40.1 Å². The molecule has 0 atom stereocenters. The molecule has 1 N–H and O–H groups in total. The Labute approximate surface area is 158 Å². The molecular formula is C16H19N3O5S2. The fraction of sp³-hybridized carbons (Fsp3) is 0.438. The number of nitrogens with one attached hydrogen (secondary N) is 1. The van der Waals surface area contributed by atoms with Crippen molar-refractivity contribution < 1.29 is 18.7 Å². The molecule has 0 fully saturated rings. The molecule has 0 saturated heterocycles. The summed E-state index contributed by atoms with van der Waals surface area (Å²) in [6.07, 6.45) is 3.36. The predicted molar refractivity (Wildman–Crippen MR) is 98.5 cm³/mol. The highest BCUT2D eigenvalue weighted by Crippen LogP contribution is 2.28. The van der Waals surface area contributed by atoms with Crippen molar-refractivity contribution in [1.82, 2.24) is 10.2 Å². The molecule has 2 rings (SSSR count). The Balaban J connectivity index is 1.90. The average molecular weight is 397 g/mol. The minimum Gasteiger partial charge on any atom is -0.464 e. The van der Waals surface area contributed by atoms with Crippen LogP contribution in [0.15, 0.2) is 25.9 Å². The first kappa shape index (κ1) is 20.1. The molecule has 1 amide bonds. The van der Waals surface area contributed by atoms with Gasteiger partial charge in [-0.25, -0.2) is 0 Å². The largest absolute Gasteiger partial charge is 0.464 e. The maximum absolute atomic E-state index is 12.0. The van der Waals surface area contributed by atoms with Gasteiger partial charge in [-0.3, -0.25) is 14.4 Å². The first-order valence-electron chi connectivity index (χ1n) is 8.10. The quantitative estimate of drug-likeness (QED) is 0.390. The monoisotopic (exact) mass is 397 g/mol. The van der Waals surface area contributed by atoms with E-state index in [-0.39, 0.29) is 18.1 Å². The zero-order valence-corrected chi connectivity index (χ0v) is 16.1. The molecule has 10 heteroatoms. The molecule has 26 heavy (non-hydrogen) atoms. The SMILES string of the molecule is CCCCC(=O)Oc1coc(CSc2nnc(NC(=O)CC)s2)cc1=O. The molecule has 2 aromatic heterocycles. The summed E-state index contributed by atoms with van der Waals surface area (Å²) in [5.41, 5.74) is -0.412. The van der Waals surface area contributed by atoms with Gasteiger partial charge in [-0.05, 0) is 6.42 Å². The maximum Gasteiger partial charge on any atom is 0.311 e. The fourth-order valence-electron chi connectivity index (χ4n) is 1.74. The van der Waals surface area contributed by atoms with E-state index in [4.69, 9.17) is 9.15 Å². The average Bonchev–Trinajstić information content (AvgIpc) is 3.07. The zero-order chi connectivity index (χ0) is 18.9. The van der Waals surface area contributed by atoms with E-state index in [0.717, 1.165) is 12.7 Å². The number of unbranched alkanes of at least 4 members (excludes halogenated alkanes) is 1. The van der Waals surface area contributed by atoms with Crippen LogP contribution in [0.4, 0.5) is 5.13 Å². The van der Waals surface area contributed by atoms with Gasteiger partial charge >= 0.3 is 5.97 Å². The molecule has 2 aromatic rings. The Morgan fingerprint density at radius 1 is 1.35 bits per heavy atom. The minimum absolute atomic E-state index is 0.111. The Bertz CT molecular complexity index is 818. The highest BCUT2D eigenvalue weighted by Gasteiger charge is 2.12. The van der Waals surface area contributed by atoms with Crippen molar-refractivity contribution in [1.29, 1.82) is 0 Å². The third kappa shape index (κ3) is 6.26.